The summed E-state index contributed by atoms with van der Waals surface area (Å²) in [4.78, 5) is 37.2. The van der Waals surface area contributed by atoms with Crippen LogP contribution in [-0.2, 0) is 15.1 Å². The lowest BCUT2D eigenvalue weighted by atomic mass is 9.72. The molecule has 9 heteroatoms. The maximum atomic E-state index is 13.4. The number of carbonyl (C=O) groups excluding carboxylic acids is 2. The van der Waals surface area contributed by atoms with Gasteiger partial charge in [0.15, 0.2) is 0 Å². The Labute approximate surface area is 182 Å². The predicted octanol–water partition coefficient (Wildman–Crippen LogP) is 2.99. The van der Waals surface area contributed by atoms with Crippen LogP contribution < -0.4 is 5.32 Å². The Morgan fingerprint density at radius 3 is 2.53 bits per heavy atom. The summed E-state index contributed by atoms with van der Waals surface area (Å²) in [6.07, 6.45) is 6.84. The summed E-state index contributed by atoms with van der Waals surface area (Å²) in [6.45, 7) is 0. The van der Waals surface area contributed by atoms with Gasteiger partial charge in [0, 0.05) is 35.9 Å². The number of esters is 1. The molecule has 3 heterocycles. The molecule has 1 amide bonds. The first-order valence-electron chi connectivity index (χ1n) is 10.2. The van der Waals surface area contributed by atoms with Gasteiger partial charge >= 0.3 is 5.97 Å². The van der Waals surface area contributed by atoms with Gasteiger partial charge < -0.3 is 9.84 Å². The van der Waals surface area contributed by atoms with Crippen molar-refractivity contribution in [2.24, 2.45) is 0 Å². The van der Waals surface area contributed by atoms with E-state index in [4.69, 9.17) is 4.74 Å². The minimum atomic E-state index is -1.64. The zero-order valence-corrected chi connectivity index (χ0v) is 16.9. The van der Waals surface area contributed by atoms with Gasteiger partial charge in [-0.05, 0) is 49.4 Å². The van der Waals surface area contributed by atoms with Crippen molar-refractivity contribution in [2.75, 3.05) is 5.32 Å². The number of pyridine rings is 1. The van der Waals surface area contributed by atoms with Crippen molar-refractivity contribution in [3.8, 4) is 11.1 Å². The van der Waals surface area contributed by atoms with E-state index in [1.54, 1.807) is 24.4 Å². The second-order valence-corrected chi connectivity index (χ2v) is 8.10. The fraction of sp³-hybridized carbons (Fsp3) is 0.261. The molecule has 3 aromatic rings. The Balaban J connectivity index is 1.27. The van der Waals surface area contributed by atoms with Crippen molar-refractivity contribution < 1.29 is 23.8 Å². The average molecular weight is 434 g/mol. The number of anilines is 1. The van der Waals surface area contributed by atoms with Gasteiger partial charge in [0.1, 0.15) is 17.0 Å². The van der Waals surface area contributed by atoms with Gasteiger partial charge in [0.2, 0.25) is 5.95 Å². The van der Waals surface area contributed by atoms with Gasteiger partial charge in [-0.15, -0.1) is 0 Å². The number of nitrogens with one attached hydrogen (secondary N) is 1. The molecule has 0 radical (unpaired) electrons. The van der Waals surface area contributed by atoms with E-state index in [1.807, 2.05) is 0 Å². The predicted molar refractivity (Wildman–Crippen MR) is 111 cm³/mol. The molecule has 2 aliphatic rings. The molecule has 162 valence electrons. The molecule has 8 nitrogen and oxygen atoms in total. The zero-order chi connectivity index (χ0) is 22.3. The van der Waals surface area contributed by atoms with Crippen LogP contribution in [0.25, 0.3) is 11.1 Å². The van der Waals surface area contributed by atoms with E-state index in [0.717, 1.165) is 5.56 Å². The van der Waals surface area contributed by atoms with Gasteiger partial charge in [0.05, 0.1) is 5.56 Å². The Morgan fingerprint density at radius 1 is 1.06 bits per heavy atom. The summed E-state index contributed by atoms with van der Waals surface area (Å²) >= 11 is 0. The Kier molecular flexibility index (Phi) is 4.70. The molecule has 1 aromatic carbocycles. The number of hydrogen-bond donors (Lipinski definition) is 2. The fourth-order valence-corrected chi connectivity index (χ4v) is 4.34. The van der Waals surface area contributed by atoms with Gasteiger partial charge in [-0.1, -0.05) is 12.1 Å². The highest BCUT2D eigenvalue weighted by atomic mass is 19.1. The first-order valence-corrected chi connectivity index (χ1v) is 10.2. The smallest absolute Gasteiger partial charge is 0.341 e. The van der Waals surface area contributed by atoms with Gasteiger partial charge in [0.25, 0.3) is 5.91 Å². The molecule has 2 aromatic heterocycles. The number of aliphatic hydroxyl groups is 1. The van der Waals surface area contributed by atoms with Crippen molar-refractivity contribution in [3.63, 3.8) is 0 Å². The number of aromatic nitrogens is 3. The average Bonchev–Trinajstić information content (AvgIpc) is 3.08. The molecule has 32 heavy (non-hydrogen) atoms. The van der Waals surface area contributed by atoms with Crippen molar-refractivity contribution >= 4 is 17.8 Å². The lowest BCUT2D eigenvalue weighted by molar-refractivity contribution is -0.144. The standard InChI is InChI=1S/C23H19FN4O4/c24-16-3-1-2-14(10-16)15-11-26-21(27-12-15)28-20(30)22(31)5-7-23(8-6-22)18-4-9-25-13-17(18)19(29)32-23/h1-4,9-13,31H,5-8H2,(H,26,27,28,30)/t22-,23-. The molecular formula is C23H19FN4O4. The summed E-state index contributed by atoms with van der Waals surface area (Å²) in [5, 5.41) is 13.5. The van der Waals surface area contributed by atoms with Gasteiger partial charge in [-0.3, -0.25) is 15.1 Å². The normalized spacial score (nSPS) is 24.1. The van der Waals surface area contributed by atoms with Crippen LogP contribution in [0, 0.1) is 5.82 Å². The Morgan fingerprint density at radius 2 is 1.81 bits per heavy atom. The van der Waals surface area contributed by atoms with Crippen LogP contribution in [0.1, 0.15) is 41.6 Å². The molecule has 0 atom stereocenters. The Bertz CT molecular complexity index is 1210. The van der Waals surface area contributed by atoms with Gasteiger partial charge in [-0.25, -0.2) is 19.2 Å². The summed E-state index contributed by atoms with van der Waals surface area (Å²) < 4.78 is 19.1. The number of nitrogens with zero attached hydrogens (tertiary/aromatic N) is 3. The molecule has 1 fully saturated rings. The molecule has 1 saturated carbocycles. The summed E-state index contributed by atoms with van der Waals surface area (Å²) in [5.74, 6) is -1.39. The number of ether oxygens (including phenoxy) is 1. The van der Waals surface area contributed by atoms with Gasteiger partial charge in [-0.2, -0.15) is 0 Å². The third kappa shape index (κ3) is 3.40. The highest BCUT2D eigenvalue weighted by Gasteiger charge is 2.53. The Hall–Kier alpha value is -3.72. The first-order chi connectivity index (χ1) is 15.4. The minimum Gasteiger partial charge on any atom is -0.450 e. The first kappa shape index (κ1) is 20.2. The van der Waals surface area contributed by atoms with E-state index < -0.39 is 23.1 Å². The highest BCUT2D eigenvalue weighted by molar-refractivity contribution is 5.96. The minimum absolute atomic E-state index is 0.0348. The van der Waals surface area contributed by atoms with Crippen molar-refractivity contribution in [1.82, 2.24) is 15.0 Å². The molecule has 0 unspecified atom stereocenters. The third-order valence-electron chi connectivity index (χ3n) is 6.16. The molecule has 0 saturated heterocycles. The van der Waals surface area contributed by atoms with E-state index in [9.17, 15) is 19.1 Å². The van der Waals surface area contributed by atoms with Crippen LogP contribution in [0.2, 0.25) is 0 Å². The van der Waals surface area contributed by atoms with E-state index in [-0.39, 0.29) is 24.6 Å². The summed E-state index contributed by atoms with van der Waals surface area (Å²) in [6, 6.07) is 7.77. The van der Waals surface area contributed by atoms with Crippen molar-refractivity contribution in [3.05, 3.63) is 72.1 Å². The lowest BCUT2D eigenvalue weighted by Gasteiger charge is -2.40. The number of halogens is 1. The zero-order valence-electron chi connectivity index (χ0n) is 16.9. The van der Waals surface area contributed by atoms with Crippen LogP contribution in [0.4, 0.5) is 10.3 Å². The fourth-order valence-electron chi connectivity index (χ4n) is 4.34. The second kappa shape index (κ2) is 7.45. The monoisotopic (exact) mass is 434 g/mol. The molecule has 2 N–H and O–H groups in total. The number of hydrogen-bond acceptors (Lipinski definition) is 7. The third-order valence-corrected chi connectivity index (χ3v) is 6.16. The van der Waals surface area contributed by atoms with Crippen molar-refractivity contribution in [2.45, 2.75) is 36.9 Å². The molecule has 0 bridgehead atoms. The molecule has 1 spiro atoms. The van der Waals surface area contributed by atoms with Crippen LogP contribution in [0.3, 0.4) is 0 Å². The number of benzene rings is 1. The topological polar surface area (TPSA) is 114 Å². The number of carbonyl (C=O) groups is 2. The molecule has 1 aliphatic carbocycles. The molecule has 5 rings (SSSR count). The van der Waals surface area contributed by atoms with Crippen LogP contribution in [-0.4, -0.2) is 37.5 Å². The van der Waals surface area contributed by atoms with Crippen LogP contribution in [0.15, 0.2) is 55.1 Å². The maximum absolute atomic E-state index is 13.4. The molecular weight excluding hydrogens is 415 g/mol. The summed E-state index contributed by atoms with van der Waals surface area (Å²) in [5.41, 5.74) is -0.105. The van der Waals surface area contributed by atoms with E-state index in [1.165, 1.54) is 30.7 Å². The number of amides is 1. The van der Waals surface area contributed by atoms with Crippen molar-refractivity contribution in [1.29, 1.82) is 0 Å². The highest BCUT2D eigenvalue weighted by Crippen LogP contribution is 2.49. The lowest BCUT2D eigenvalue weighted by Crippen LogP contribution is -2.49. The number of fused-ring (bicyclic) bond motifs is 2. The SMILES string of the molecule is O=C1O[C@]2(CC[C@@](O)(C(=O)Nc3ncc(-c4cccc(F)c4)cn3)CC2)c2ccncc21. The second-order valence-electron chi connectivity index (χ2n) is 8.10. The van der Waals surface area contributed by atoms with Crippen LogP contribution >= 0.6 is 0 Å². The summed E-state index contributed by atoms with van der Waals surface area (Å²) in [7, 11) is 0. The largest absolute Gasteiger partial charge is 0.450 e. The van der Waals surface area contributed by atoms with Crippen LogP contribution in [0.5, 0.6) is 0 Å². The van der Waals surface area contributed by atoms with E-state index in [2.05, 4.69) is 20.3 Å². The van der Waals surface area contributed by atoms with E-state index in [0.29, 0.717) is 29.5 Å². The van der Waals surface area contributed by atoms with E-state index >= 15 is 0 Å². The maximum Gasteiger partial charge on any atom is 0.341 e. The molecule has 1 aliphatic heterocycles. The number of rotatable bonds is 3. The quantitative estimate of drug-likeness (QED) is 0.609.